The largest absolute Gasteiger partial charge is 0.425 e. The molecule has 1 aliphatic carbocycles. The third-order valence-corrected chi connectivity index (χ3v) is 6.18. The molecule has 2 amide bonds. The highest BCUT2D eigenvalue weighted by atomic mass is 35.5. The number of carbonyl (C=O) groups excluding carboxylic acids is 3. The second-order valence-corrected chi connectivity index (χ2v) is 10.6. The van der Waals surface area contributed by atoms with Crippen molar-refractivity contribution in [1.82, 2.24) is 10.2 Å². The first-order valence-electron chi connectivity index (χ1n) is 10.2. The number of amides is 2. The number of carbonyl (C=O) groups is 3. The van der Waals surface area contributed by atoms with E-state index in [1.165, 1.54) is 20.8 Å². The molecule has 0 saturated carbocycles. The molecule has 32 heavy (non-hydrogen) atoms. The van der Waals surface area contributed by atoms with Gasteiger partial charge < -0.3 is 10.2 Å². The average molecular weight is 471 g/mol. The lowest BCUT2D eigenvalue weighted by atomic mass is 9.72. The van der Waals surface area contributed by atoms with Crippen LogP contribution in [0.2, 0.25) is 5.02 Å². The van der Waals surface area contributed by atoms with Gasteiger partial charge in [0, 0.05) is 22.6 Å². The van der Waals surface area contributed by atoms with Gasteiger partial charge in [-0.15, -0.1) is 0 Å². The Kier molecular flexibility index (Phi) is 5.78. The van der Waals surface area contributed by atoms with Crippen molar-refractivity contribution in [3.8, 4) is 0 Å². The molecule has 1 N–H and O–H groups in total. The fourth-order valence-electron chi connectivity index (χ4n) is 4.15. The average Bonchev–Trinajstić information content (AvgIpc) is 2.84. The Morgan fingerprint density at radius 2 is 1.72 bits per heavy atom. The molecule has 0 saturated heterocycles. The summed E-state index contributed by atoms with van der Waals surface area (Å²) in [5, 5.41) is 2.23. The summed E-state index contributed by atoms with van der Waals surface area (Å²) in [6, 6.07) is 6.50. The van der Waals surface area contributed by atoms with Crippen LogP contribution >= 0.6 is 11.6 Å². The van der Waals surface area contributed by atoms with Gasteiger partial charge in [-0.3, -0.25) is 14.4 Å². The van der Waals surface area contributed by atoms with Gasteiger partial charge in [0.15, 0.2) is 5.78 Å². The lowest BCUT2D eigenvalue weighted by Gasteiger charge is -2.37. The van der Waals surface area contributed by atoms with Crippen LogP contribution in [0, 0.1) is 10.8 Å². The second kappa shape index (κ2) is 7.61. The highest BCUT2D eigenvalue weighted by molar-refractivity contribution is 6.31. The van der Waals surface area contributed by atoms with E-state index in [0.29, 0.717) is 5.56 Å². The summed E-state index contributed by atoms with van der Waals surface area (Å²) in [6.45, 7) is 7.59. The molecule has 1 aromatic rings. The molecule has 0 unspecified atom stereocenters. The van der Waals surface area contributed by atoms with Crippen molar-refractivity contribution >= 4 is 29.2 Å². The van der Waals surface area contributed by atoms with Crippen molar-refractivity contribution in [3.63, 3.8) is 0 Å². The SMILES string of the molecule is CC1(C)CC(=O)C2=C(C1)N(Cc1ccccc1Cl)C(=O)[C@]2(NC(=O)C(C)(C)C)C(F)(F)F. The minimum atomic E-state index is -5.22. The maximum Gasteiger partial charge on any atom is 0.425 e. The molecular formula is C23H26ClF3N2O3. The number of benzene rings is 1. The Morgan fingerprint density at radius 3 is 2.25 bits per heavy atom. The Bertz CT molecular complexity index is 1020. The highest BCUT2D eigenvalue weighted by Gasteiger charge is 2.71. The predicted octanol–water partition coefficient (Wildman–Crippen LogP) is 4.79. The van der Waals surface area contributed by atoms with Gasteiger partial charge in [0.1, 0.15) is 0 Å². The molecule has 0 radical (unpaired) electrons. The van der Waals surface area contributed by atoms with Gasteiger partial charge in [-0.2, -0.15) is 13.2 Å². The van der Waals surface area contributed by atoms with Crippen molar-refractivity contribution in [3.05, 3.63) is 46.1 Å². The van der Waals surface area contributed by atoms with Crippen LogP contribution in [0.5, 0.6) is 0 Å². The monoisotopic (exact) mass is 470 g/mol. The molecule has 0 bridgehead atoms. The number of nitrogens with one attached hydrogen (secondary N) is 1. The summed E-state index contributed by atoms with van der Waals surface area (Å²) in [4.78, 5) is 40.3. The standard InChI is InChI=1S/C23H26ClF3N2O3/c1-20(2,3)18(31)28-22(23(25,26)27)17-15(10-21(4,5)11-16(17)30)29(19(22)32)12-13-8-6-7-9-14(13)24/h6-9H,10-12H2,1-5H3,(H,28,31)/t22-/m0/s1. The molecule has 0 spiro atoms. The van der Waals surface area contributed by atoms with Crippen LogP contribution in [0.25, 0.3) is 0 Å². The zero-order valence-corrected chi connectivity index (χ0v) is 19.4. The molecule has 174 valence electrons. The third-order valence-electron chi connectivity index (χ3n) is 5.81. The number of hydrogen-bond acceptors (Lipinski definition) is 3. The van der Waals surface area contributed by atoms with Gasteiger partial charge in [0.05, 0.1) is 12.1 Å². The van der Waals surface area contributed by atoms with Gasteiger partial charge >= 0.3 is 6.18 Å². The van der Waals surface area contributed by atoms with Crippen LogP contribution in [0.3, 0.4) is 0 Å². The van der Waals surface area contributed by atoms with Crippen molar-refractivity contribution < 1.29 is 27.6 Å². The molecular weight excluding hydrogens is 445 g/mol. The molecule has 1 aliphatic heterocycles. The van der Waals surface area contributed by atoms with Crippen molar-refractivity contribution in [2.45, 2.75) is 65.7 Å². The van der Waals surface area contributed by atoms with Gasteiger partial charge in [0.2, 0.25) is 11.4 Å². The van der Waals surface area contributed by atoms with E-state index in [-0.39, 0.29) is 30.1 Å². The molecule has 2 aliphatic rings. The maximum absolute atomic E-state index is 14.7. The molecule has 1 aromatic carbocycles. The molecule has 0 fully saturated rings. The summed E-state index contributed by atoms with van der Waals surface area (Å²) in [6.07, 6.45) is -5.31. The van der Waals surface area contributed by atoms with E-state index in [9.17, 15) is 27.6 Å². The Morgan fingerprint density at radius 1 is 1.12 bits per heavy atom. The fraction of sp³-hybridized carbons (Fsp3) is 0.522. The summed E-state index contributed by atoms with van der Waals surface area (Å²) >= 11 is 6.20. The van der Waals surface area contributed by atoms with Crippen LogP contribution < -0.4 is 5.32 Å². The number of rotatable bonds is 3. The van der Waals surface area contributed by atoms with Gasteiger partial charge in [0.25, 0.3) is 5.91 Å². The quantitative estimate of drug-likeness (QED) is 0.690. The van der Waals surface area contributed by atoms with Crippen LogP contribution in [0.15, 0.2) is 35.5 Å². The number of ketones is 1. The van der Waals surface area contributed by atoms with E-state index in [1.807, 2.05) is 5.32 Å². The Balaban J connectivity index is 2.24. The zero-order valence-electron chi connectivity index (χ0n) is 18.6. The minimum absolute atomic E-state index is 0.0114. The van der Waals surface area contributed by atoms with Crippen LogP contribution in [-0.4, -0.2) is 34.2 Å². The predicted molar refractivity (Wildman–Crippen MR) is 113 cm³/mol. The first-order valence-corrected chi connectivity index (χ1v) is 10.6. The molecule has 9 heteroatoms. The summed E-state index contributed by atoms with van der Waals surface area (Å²) in [5.74, 6) is -3.16. The summed E-state index contributed by atoms with van der Waals surface area (Å²) < 4.78 is 44.0. The van der Waals surface area contributed by atoms with Crippen molar-refractivity contribution in [2.24, 2.45) is 10.8 Å². The van der Waals surface area contributed by atoms with Gasteiger partial charge in [-0.1, -0.05) is 64.4 Å². The van der Waals surface area contributed by atoms with E-state index in [0.717, 1.165) is 4.90 Å². The Hall–Kier alpha value is -2.35. The van der Waals surface area contributed by atoms with E-state index in [4.69, 9.17) is 11.6 Å². The normalized spacial score (nSPS) is 23.5. The van der Waals surface area contributed by atoms with Crippen LogP contribution in [0.1, 0.15) is 53.0 Å². The van der Waals surface area contributed by atoms with E-state index in [2.05, 4.69) is 0 Å². The fourth-order valence-corrected chi connectivity index (χ4v) is 4.34. The molecule has 1 atom stereocenters. The topological polar surface area (TPSA) is 66.5 Å². The first-order chi connectivity index (χ1) is 14.5. The molecule has 1 heterocycles. The van der Waals surface area contributed by atoms with E-state index >= 15 is 0 Å². The van der Waals surface area contributed by atoms with Gasteiger partial charge in [-0.05, 0) is 23.5 Å². The number of halogens is 4. The molecule has 5 nitrogen and oxygen atoms in total. The molecule has 0 aromatic heterocycles. The first kappa shape index (κ1) is 24.3. The Labute approximate surface area is 190 Å². The van der Waals surface area contributed by atoms with Crippen LogP contribution in [-0.2, 0) is 20.9 Å². The van der Waals surface area contributed by atoms with Crippen molar-refractivity contribution in [1.29, 1.82) is 0 Å². The van der Waals surface area contributed by atoms with E-state index < -0.39 is 45.7 Å². The number of nitrogens with zero attached hydrogens (tertiary/aromatic N) is 1. The van der Waals surface area contributed by atoms with Gasteiger partial charge in [-0.25, -0.2) is 0 Å². The summed E-state index contributed by atoms with van der Waals surface area (Å²) in [5.41, 5.74) is -5.55. The number of alkyl halides is 3. The van der Waals surface area contributed by atoms with Crippen molar-refractivity contribution in [2.75, 3.05) is 0 Å². The highest BCUT2D eigenvalue weighted by Crippen LogP contribution is 2.52. The smallest absolute Gasteiger partial charge is 0.330 e. The second-order valence-electron chi connectivity index (χ2n) is 10.2. The number of Topliss-reactive ketones (excluding diaryl/α,β-unsaturated/α-hetero) is 1. The zero-order chi connectivity index (χ0) is 24.3. The third kappa shape index (κ3) is 3.93. The lowest BCUT2D eigenvalue weighted by molar-refractivity contribution is -0.195. The minimum Gasteiger partial charge on any atom is -0.330 e. The number of hydrogen-bond donors (Lipinski definition) is 1. The lowest BCUT2D eigenvalue weighted by Crippen LogP contribution is -2.67. The number of allylic oxidation sites excluding steroid dienone is 1. The maximum atomic E-state index is 14.7. The molecule has 3 rings (SSSR count). The van der Waals surface area contributed by atoms with E-state index in [1.54, 1.807) is 38.1 Å². The van der Waals surface area contributed by atoms with Crippen LogP contribution in [0.4, 0.5) is 13.2 Å². The summed E-state index contributed by atoms with van der Waals surface area (Å²) in [7, 11) is 0.